The van der Waals surface area contributed by atoms with E-state index in [1.807, 2.05) is 13.8 Å². The number of hydrogen-bond donors (Lipinski definition) is 1. The second kappa shape index (κ2) is 9.80. The average molecular weight is 399 g/mol. The van der Waals surface area contributed by atoms with E-state index in [1.165, 1.54) is 19.1 Å². The minimum absolute atomic E-state index is 0.131. The quantitative estimate of drug-likeness (QED) is 0.647. The smallest absolute Gasteiger partial charge is 0.227 e. The summed E-state index contributed by atoms with van der Waals surface area (Å²) in [6, 6.07) is 3.26. The molecule has 8 heteroatoms. The van der Waals surface area contributed by atoms with Gasteiger partial charge in [0.2, 0.25) is 11.8 Å². The highest BCUT2D eigenvalue weighted by Crippen LogP contribution is 2.40. The summed E-state index contributed by atoms with van der Waals surface area (Å²) in [6.45, 7) is 5.34. The van der Waals surface area contributed by atoms with Crippen LogP contribution >= 0.6 is 11.6 Å². The first-order valence-corrected chi connectivity index (χ1v) is 9.36. The van der Waals surface area contributed by atoms with Crippen molar-refractivity contribution in [2.24, 2.45) is 5.92 Å². The molecule has 0 spiro atoms. The largest absolute Gasteiger partial charge is 0.495 e. The number of amides is 2. The molecule has 0 saturated carbocycles. The number of carbonyl (C=O) groups is 2. The fourth-order valence-corrected chi connectivity index (χ4v) is 3.15. The molecule has 1 aromatic carbocycles. The first-order chi connectivity index (χ1) is 12.9. The highest BCUT2D eigenvalue weighted by molar-refractivity contribution is 6.32. The molecule has 1 heterocycles. The van der Waals surface area contributed by atoms with Crippen LogP contribution in [0.2, 0.25) is 5.02 Å². The summed E-state index contributed by atoms with van der Waals surface area (Å²) in [7, 11) is 3.02. The van der Waals surface area contributed by atoms with Crippen molar-refractivity contribution in [2.45, 2.75) is 32.8 Å². The number of carbonyl (C=O) groups excluding carboxylic acids is 2. The van der Waals surface area contributed by atoms with Gasteiger partial charge in [-0.15, -0.1) is 0 Å². The number of hydrogen-bond acceptors (Lipinski definition) is 5. The third-order valence-electron chi connectivity index (χ3n) is 4.31. The monoisotopic (exact) mass is 398 g/mol. The van der Waals surface area contributed by atoms with Gasteiger partial charge in [0, 0.05) is 32.2 Å². The van der Waals surface area contributed by atoms with Crippen LogP contribution < -0.4 is 19.7 Å². The van der Waals surface area contributed by atoms with Gasteiger partial charge in [-0.2, -0.15) is 0 Å². The molecule has 2 rings (SSSR count). The molecule has 1 fully saturated rings. The van der Waals surface area contributed by atoms with Gasteiger partial charge >= 0.3 is 0 Å². The van der Waals surface area contributed by atoms with Gasteiger partial charge < -0.3 is 24.4 Å². The summed E-state index contributed by atoms with van der Waals surface area (Å²) in [5.41, 5.74) is 0.536. The van der Waals surface area contributed by atoms with Crippen LogP contribution in [0, 0.1) is 5.92 Å². The Morgan fingerprint density at radius 3 is 2.63 bits per heavy atom. The van der Waals surface area contributed by atoms with Crippen molar-refractivity contribution in [3.8, 4) is 11.5 Å². The van der Waals surface area contributed by atoms with Crippen LogP contribution in [0.1, 0.15) is 26.7 Å². The number of methoxy groups -OCH3 is 2. The van der Waals surface area contributed by atoms with Crippen LogP contribution in [0.25, 0.3) is 0 Å². The summed E-state index contributed by atoms with van der Waals surface area (Å²) in [4.78, 5) is 26.4. The van der Waals surface area contributed by atoms with E-state index in [0.29, 0.717) is 35.4 Å². The molecule has 0 unspecified atom stereocenters. The fraction of sp³-hybridized carbons (Fsp3) is 0.579. The van der Waals surface area contributed by atoms with E-state index < -0.39 is 5.92 Å². The third-order valence-corrected chi connectivity index (χ3v) is 4.61. The second-order valence-corrected chi connectivity index (χ2v) is 7.04. The lowest BCUT2D eigenvalue weighted by atomic mass is 10.1. The van der Waals surface area contributed by atoms with Crippen LogP contribution in [0.15, 0.2) is 12.1 Å². The molecule has 1 saturated heterocycles. The third kappa shape index (κ3) is 5.49. The highest BCUT2D eigenvalue weighted by atomic mass is 35.5. The zero-order valence-corrected chi connectivity index (χ0v) is 17.0. The summed E-state index contributed by atoms with van der Waals surface area (Å²) in [5.74, 6) is 0.249. The molecule has 2 amide bonds. The topological polar surface area (TPSA) is 77.1 Å². The minimum atomic E-state index is -0.408. The van der Waals surface area contributed by atoms with Gasteiger partial charge in [0.15, 0.2) is 0 Å². The van der Waals surface area contributed by atoms with Crippen molar-refractivity contribution in [3.63, 3.8) is 0 Å². The Bertz CT molecular complexity index is 680. The summed E-state index contributed by atoms with van der Waals surface area (Å²) in [5, 5.41) is 3.25. The molecule has 1 atom stereocenters. The molecule has 1 aliphatic rings. The Morgan fingerprint density at radius 2 is 2.00 bits per heavy atom. The maximum Gasteiger partial charge on any atom is 0.227 e. The second-order valence-electron chi connectivity index (χ2n) is 6.63. The van der Waals surface area contributed by atoms with Crippen molar-refractivity contribution < 1.29 is 23.8 Å². The van der Waals surface area contributed by atoms with Gasteiger partial charge in [-0.1, -0.05) is 11.6 Å². The fourth-order valence-electron chi connectivity index (χ4n) is 2.92. The zero-order chi connectivity index (χ0) is 20.0. The van der Waals surface area contributed by atoms with E-state index in [1.54, 1.807) is 12.1 Å². The number of benzene rings is 1. The summed E-state index contributed by atoms with van der Waals surface area (Å²) >= 11 is 6.19. The Balaban J connectivity index is 1.99. The average Bonchev–Trinajstić information content (AvgIpc) is 3.02. The Kier molecular flexibility index (Phi) is 7.74. The highest BCUT2D eigenvalue weighted by Gasteiger charge is 2.36. The predicted octanol–water partition coefficient (Wildman–Crippen LogP) is 2.64. The number of anilines is 1. The Hall–Kier alpha value is -1.99. The van der Waals surface area contributed by atoms with Crippen molar-refractivity contribution in [1.82, 2.24) is 5.32 Å². The maximum atomic E-state index is 12.5. The van der Waals surface area contributed by atoms with E-state index in [4.69, 9.17) is 25.8 Å². The van der Waals surface area contributed by atoms with Crippen LogP contribution in [-0.2, 0) is 14.3 Å². The molecule has 0 aliphatic carbocycles. The lowest BCUT2D eigenvalue weighted by Crippen LogP contribution is -2.34. The van der Waals surface area contributed by atoms with Crippen LogP contribution in [0.4, 0.5) is 5.69 Å². The number of nitrogens with one attached hydrogen (secondary N) is 1. The van der Waals surface area contributed by atoms with Crippen molar-refractivity contribution in [1.29, 1.82) is 0 Å². The lowest BCUT2D eigenvalue weighted by molar-refractivity contribution is -0.126. The standard InChI is InChI=1S/C19H27ClN2O5/c1-12(2)27-7-5-6-21-19(24)13-8-18(23)22(11-13)15-9-14(20)16(25-3)10-17(15)26-4/h9-10,12-13H,5-8,11H2,1-4H3,(H,21,24)/t13-/m1/s1. The van der Waals surface area contributed by atoms with Gasteiger partial charge in [0.05, 0.1) is 37.0 Å². The minimum Gasteiger partial charge on any atom is -0.495 e. The first kappa shape index (κ1) is 21.3. The maximum absolute atomic E-state index is 12.5. The van der Waals surface area contributed by atoms with Gasteiger partial charge in [0.1, 0.15) is 11.5 Å². The first-order valence-electron chi connectivity index (χ1n) is 8.98. The number of rotatable bonds is 9. The van der Waals surface area contributed by atoms with Crippen LogP contribution in [0.3, 0.4) is 0 Å². The molecule has 0 radical (unpaired) electrons. The predicted molar refractivity (Wildman–Crippen MR) is 104 cm³/mol. The molecular formula is C19H27ClN2O5. The normalized spacial score (nSPS) is 16.7. The number of halogens is 1. The van der Waals surface area contributed by atoms with E-state index in [9.17, 15) is 9.59 Å². The van der Waals surface area contributed by atoms with Gasteiger partial charge in [-0.3, -0.25) is 9.59 Å². The zero-order valence-electron chi connectivity index (χ0n) is 16.2. The molecule has 1 aromatic rings. The molecule has 0 bridgehead atoms. The number of nitrogens with zero attached hydrogens (tertiary/aromatic N) is 1. The van der Waals surface area contributed by atoms with E-state index in [2.05, 4.69) is 5.32 Å². The molecular weight excluding hydrogens is 372 g/mol. The van der Waals surface area contributed by atoms with Crippen LogP contribution in [0.5, 0.6) is 11.5 Å². The molecule has 1 N–H and O–H groups in total. The van der Waals surface area contributed by atoms with Crippen molar-refractivity contribution >= 4 is 29.1 Å². The summed E-state index contributed by atoms with van der Waals surface area (Å²) < 4.78 is 16.0. The lowest BCUT2D eigenvalue weighted by Gasteiger charge is -2.21. The molecule has 0 aromatic heterocycles. The van der Waals surface area contributed by atoms with E-state index in [0.717, 1.165) is 6.42 Å². The van der Waals surface area contributed by atoms with E-state index >= 15 is 0 Å². The Labute approximate surface area is 164 Å². The molecule has 150 valence electrons. The van der Waals surface area contributed by atoms with E-state index in [-0.39, 0.29) is 30.9 Å². The van der Waals surface area contributed by atoms with Crippen LogP contribution in [-0.4, -0.2) is 51.8 Å². The van der Waals surface area contributed by atoms with Gasteiger partial charge in [0.25, 0.3) is 0 Å². The van der Waals surface area contributed by atoms with Crippen molar-refractivity contribution in [3.05, 3.63) is 17.2 Å². The number of ether oxygens (including phenoxy) is 3. The van der Waals surface area contributed by atoms with Gasteiger partial charge in [-0.25, -0.2) is 0 Å². The summed E-state index contributed by atoms with van der Waals surface area (Å²) in [6.07, 6.45) is 1.06. The SMILES string of the molecule is COc1cc(OC)c(N2C[C@H](C(=O)NCCCOC(C)C)CC2=O)cc1Cl. The molecule has 27 heavy (non-hydrogen) atoms. The van der Waals surface area contributed by atoms with Crippen molar-refractivity contribution in [2.75, 3.05) is 38.8 Å². The Morgan fingerprint density at radius 1 is 1.30 bits per heavy atom. The molecule has 1 aliphatic heterocycles. The van der Waals surface area contributed by atoms with Gasteiger partial charge in [-0.05, 0) is 26.3 Å². The molecule has 7 nitrogen and oxygen atoms in total.